The van der Waals surface area contributed by atoms with Gasteiger partial charge in [-0.3, -0.25) is 4.79 Å². The molecule has 1 saturated heterocycles. The summed E-state index contributed by atoms with van der Waals surface area (Å²) in [6.45, 7) is 8.67. The fourth-order valence-electron chi connectivity index (χ4n) is 6.25. The van der Waals surface area contributed by atoms with E-state index in [2.05, 4.69) is 27.7 Å². The van der Waals surface area contributed by atoms with Crippen LogP contribution in [0.2, 0.25) is 0 Å². The highest BCUT2D eigenvalue weighted by Crippen LogP contribution is 2.65. The molecule has 0 amide bonds. The van der Waals surface area contributed by atoms with E-state index < -0.39 is 6.16 Å². The lowest BCUT2D eigenvalue weighted by atomic mass is 9.45. The number of hydrogen-bond donors (Lipinski definition) is 0. The number of carbonyl (C=O) groups is 2. The van der Waals surface area contributed by atoms with E-state index >= 15 is 0 Å². The number of carbonyl (C=O) groups excluding carboxylic acids is 2. The summed E-state index contributed by atoms with van der Waals surface area (Å²) in [5.74, 6) is 1.07. The van der Waals surface area contributed by atoms with Crippen LogP contribution in [0.5, 0.6) is 0 Å². The Morgan fingerprint density at radius 3 is 2.59 bits per heavy atom. The van der Waals surface area contributed by atoms with Crippen molar-refractivity contribution in [2.45, 2.75) is 59.2 Å². The first-order valence-electron chi connectivity index (χ1n) is 8.34. The number of ketones is 1. The van der Waals surface area contributed by atoms with Gasteiger partial charge in [-0.15, -0.1) is 0 Å². The van der Waals surface area contributed by atoms with Gasteiger partial charge in [0.15, 0.2) is 5.78 Å². The second-order valence-electron chi connectivity index (χ2n) is 8.48. The van der Waals surface area contributed by atoms with Gasteiger partial charge in [-0.1, -0.05) is 26.3 Å². The summed E-state index contributed by atoms with van der Waals surface area (Å²) in [5.41, 5.74) is 0.952. The first kappa shape index (κ1) is 14.3. The van der Waals surface area contributed by atoms with Crippen LogP contribution in [-0.4, -0.2) is 24.1 Å². The summed E-state index contributed by atoms with van der Waals surface area (Å²) in [7, 11) is 0. The average molecular weight is 304 g/mol. The zero-order valence-electron chi connectivity index (χ0n) is 13.7. The molecule has 22 heavy (non-hydrogen) atoms. The third-order valence-electron chi connectivity index (χ3n) is 7.02. The molecule has 0 aromatic heterocycles. The topological polar surface area (TPSA) is 52.6 Å². The number of fused-ring (bicyclic) bond motifs is 4. The lowest BCUT2D eigenvalue weighted by Gasteiger charge is -2.59. The molecule has 3 aliphatic carbocycles. The molecule has 1 aliphatic heterocycles. The molecule has 0 radical (unpaired) electrons. The lowest BCUT2D eigenvalue weighted by molar-refractivity contribution is -0.163. The van der Waals surface area contributed by atoms with Crippen LogP contribution in [0.25, 0.3) is 0 Å². The van der Waals surface area contributed by atoms with Crippen molar-refractivity contribution in [3.8, 4) is 0 Å². The zero-order chi connectivity index (χ0) is 15.9. The summed E-state index contributed by atoms with van der Waals surface area (Å²) in [4.78, 5) is 24.3. The molecule has 1 heterocycles. The third kappa shape index (κ3) is 1.59. The number of ether oxygens (including phenoxy) is 2. The standard InChI is InChI=1S/C18H24O4/c1-9-7-11(19)14-10(9)5-6-13-17(2,3)15-12(8-18(13,14)4)21-16(20)22-15/h7,10,12-15H,5-6,8H2,1-4H3/t10-,12-,13-,14-,15-,18-/m0/s1. The Morgan fingerprint density at radius 2 is 1.86 bits per heavy atom. The molecular formula is C18H24O4. The average Bonchev–Trinajstić information content (AvgIpc) is 2.90. The van der Waals surface area contributed by atoms with Crippen LogP contribution in [0.4, 0.5) is 4.79 Å². The summed E-state index contributed by atoms with van der Waals surface area (Å²) >= 11 is 0. The van der Waals surface area contributed by atoms with E-state index in [-0.39, 0.29) is 34.7 Å². The van der Waals surface area contributed by atoms with E-state index in [4.69, 9.17) is 9.47 Å². The van der Waals surface area contributed by atoms with Crippen LogP contribution in [-0.2, 0) is 14.3 Å². The van der Waals surface area contributed by atoms with E-state index in [9.17, 15) is 9.59 Å². The minimum absolute atomic E-state index is 0.0470. The van der Waals surface area contributed by atoms with E-state index in [1.54, 1.807) is 0 Å². The van der Waals surface area contributed by atoms with Crippen molar-refractivity contribution in [1.82, 2.24) is 0 Å². The van der Waals surface area contributed by atoms with Crippen molar-refractivity contribution in [2.24, 2.45) is 28.6 Å². The normalized spacial score (nSPS) is 48.7. The molecule has 0 N–H and O–H groups in total. The molecule has 0 aromatic carbocycles. The fraction of sp³-hybridized carbons (Fsp3) is 0.778. The highest BCUT2D eigenvalue weighted by molar-refractivity contribution is 5.96. The third-order valence-corrected chi connectivity index (χ3v) is 7.02. The molecule has 3 fully saturated rings. The second kappa shape index (κ2) is 4.15. The Labute approximate surface area is 131 Å². The molecule has 0 bridgehead atoms. The van der Waals surface area contributed by atoms with Gasteiger partial charge >= 0.3 is 6.16 Å². The number of rotatable bonds is 0. The van der Waals surface area contributed by atoms with Gasteiger partial charge in [-0.2, -0.15) is 0 Å². The molecule has 4 rings (SSSR count). The van der Waals surface area contributed by atoms with Crippen LogP contribution in [0.1, 0.15) is 47.0 Å². The molecule has 2 saturated carbocycles. The van der Waals surface area contributed by atoms with Crippen molar-refractivity contribution in [1.29, 1.82) is 0 Å². The molecule has 0 aromatic rings. The SMILES string of the molecule is CC1=CC(=O)[C@@H]2[C@H]1CC[C@H]1C(C)(C)[C@H]3OC(=O)O[C@H]3C[C@]21C. The molecule has 4 nitrogen and oxygen atoms in total. The quantitative estimate of drug-likeness (QED) is 0.643. The predicted molar refractivity (Wildman–Crippen MR) is 80.1 cm³/mol. The Bertz CT molecular complexity index is 590. The van der Waals surface area contributed by atoms with Gasteiger partial charge in [0.25, 0.3) is 0 Å². The molecular weight excluding hydrogens is 280 g/mol. The van der Waals surface area contributed by atoms with Crippen molar-refractivity contribution < 1.29 is 19.1 Å². The smallest absolute Gasteiger partial charge is 0.427 e. The summed E-state index contributed by atoms with van der Waals surface area (Å²) in [5, 5.41) is 0. The zero-order valence-corrected chi connectivity index (χ0v) is 13.7. The van der Waals surface area contributed by atoms with Crippen LogP contribution in [0.3, 0.4) is 0 Å². The summed E-state index contributed by atoms with van der Waals surface area (Å²) < 4.78 is 10.9. The first-order valence-corrected chi connectivity index (χ1v) is 8.34. The van der Waals surface area contributed by atoms with Crippen molar-refractivity contribution >= 4 is 11.9 Å². The van der Waals surface area contributed by atoms with Gasteiger partial charge < -0.3 is 9.47 Å². The number of allylic oxidation sites excluding steroid dienone is 2. The monoisotopic (exact) mass is 304 g/mol. The van der Waals surface area contributed by atoms with E-state index in [0.29, 0.717) is 11.8 Å². The Morgan fingerprint density at radius 1 is 1.14 bits per heavy atom. The second-order valence-corrected chi connectivity index (χ2v) is 8.48. The molecule has 4 heteroatoms. The Kier molecular flexibility index (Phi) is 2.69. The maximum Gasteiger partial charge on any atom is 0.509 e. The predicted octanol–water partition coefficient (Wildman–Crippen LogP) is 3.50. The minimum Gasteiger partial charge on any atom is -0.427 e. The minimum atomic E-state index is -0.547. The van der Waals surface area contributed by atoms with Crippen molar-refractivity contribution in [2.75, 3.05) is 0 Å². The maximum absolute atomic E-state index is 12.6. The van der Waals surface area contributed by atoms with Gasteiger partial charge in [0.05, 0.1) is 0 Å². The van der Waals surface area contributed by atoms with Gasteiger partial charge in [-0.25, -0.2) is 4.79 Å². The molecule has 0 spiro atoms. The lowest BCUT2D eigenvalue weighted by Crippen LogP contribution is -2.60. The Hall–Kier alpha value is -1.32. The van der Waals surface area contributed by atoms with Crippen molar-refractivity contribution in [3.63, 3.8) is 0 Å². The molecule has 6 atom stereocenters. The van der Waals surface area contributed by atoms with Crippen LogP contribution in [0, 0.1) is 28.6 Å². The molecule has 120 valence electrons. The van der Waals surface area contributed by atoms with Crippen molar-refractivity contribution in [3.05, 3.63) is 11.6 Å². The summed E-state index contributed by atoms with van der Waals surface area (Å²) in [6.07, 6.45) is 3.80. The Balaban J connectivity index is 1.77. The maximum atomic E-state index is 12.6. The van der Waals surface area contributed by atoms with E-state index in [1.165, 1.54) is 5.57 Å². The highest BCUT2D eigenvalue weighted by atomic mass is 16.8. The number of hydrogen-bond acceptors (Lipinski definition) is 4. The van der Waals surface area contributed by atoms with Gasteiger partial charge in [0.1, 0.15) is 12.2 Å². The van der Waals surface area contributed by atoms with Gasteiger partial charge in [-0.05, 0) is 49.5 Å². The van der Waals surface area contributed by atoms with E-state index in [0.717, 1.165) is 19.3 Å². The van der Waals surface area contributed by atoms with Crippen LogP contribution < -0.4 is 0 Å². The van der Waals surface area contributed by atoms with E-state index in [1.807, 2.05) is 6.08 Å². The fourth-order valence-corrected chi connectivity index (χ4v) is 6.25. The van der Waals surface area contributed by atoms with Gasteiger partial charge in [0, 0.05) is 11.3 Å². The van der Waals surface area contributed by atoms with Gasteiger partial charge in [0.2, 0.25) is 0 Å². The molecule has 4 aliphatic rings. The van der Waals surface area contributed by atoms with Crippen LogP contribution >= 0.6 is 0 Å². The highest BCUT2D eigenvalue weighted by Gasteiger charge is 2.66. The first-order chi connectivity index (χ1) is 10.2. The largest absolute Gasteiger partial charge is 0.509 e. The van der Waals surface area contributed by atoms with Crippen LogP contribution in [0.15, 0.2) is 11.6 Å². The summed E-state index contributed by atoms with van der Waals surface area (Å²) in [6, 6.07) is 0. The molecule has 0 unspecified atom stereocenters.